The van der Waals surface area contributed by atoms with E-state index in [0.717, 1.165) is 31.5 Å². The van der Waals surface area contributed by atoms with Gasteiger partial charge in [0.05, 0.1) is 11.0 Å². The van der Waals surface area contributed by atoms with Crippen molar-refractivity contribution in [2.75, 3.05) is 14.1 Å². The second-order valence-corrected chi connectivity index (χ2v) is 6.41. The quantitative estimate of drug-likeness (QED) is 0.538. The fourth-order valence-corrected chi connectivity index (χ4v) is 3.54. The van der Waals surface area contributed by atoms with Gasteiger partial charge < -0.3 is 4.90 Å². The average Bonchev–Trinajstić information content (AvgIpc) is 2.88. The fourth-order valence-electron chi connectivity index (χ4n) is 2.53. The molecule has 0 radical (unpaired) electrons. The molecular weight excluding hydrogens is 294 g/mol. The number of para-hydroxylation sites is 2. The first-order valence-corrected chi connectivity index (χ1v) is 7.76. The summed E-state index contributed by atoms with van der Waals surface area (Å²) in [6.07, 6.45) is 0. The van der Waals surface area contributed by atoms with Crippen LogP contribution in [-0.4, -0.2) is 34.9 Å². The molecule has 0 aliphatic rings. The van der Waals surface area contributed by atoms with Crippen molar-refractivity contribution in [1.29, 1.82) is 0 Å². The minimum absolute atomic E-state index is 0.00463. The smallest absolute Gasteiger partial charge is 0.253 e. The summed E-state index contributed by atoms with van der Waals surface area (Å²) in [5.41, 5.74) is 3.31. The summed E-state index contributed by atoms with van der Waals surface area (Å²) in [7, 11) is 3.51. The van der Waals surface area contributed by atoms with Gasteiger partial charge in [0.15, 0.2) is 0 Å². The summed E-state index contributed by atoms with van der Waals surface area (Å²) in [5.74, 6) is -0.00463. The van der Waals surface area contributed by atoms with Gasteiger partial charge in [-0.1, -0.05) is 12.1 Å². The van der Waals surface area contributed by atoms with Crippen LogP contribution in [0, 0.1) is 0 Å². The van der Waals surface area contributed by atoms with Crippen LogP contribution in [0.1, 0.15) is 10.4 Å². The third-order valence-electron chi connectivity index (χ3n) is 3.63. The molecule has 2 aromatic carbocycles. The second-order valence-electron chi connectivity index (χ2n) is 5.38. The molecule has 2 heterocycles. The third-order valence-corrected chi connectivity index (χ3v) is 4.69. The fraction of sp³-hybridized carbons (Fsp3) is 0.118. The van der Waals surface area contributed by atoms with Gasteiger partial charge in [-0.3, -0.25) is 4.79 Å². The Morgan fingerprint density at radius 1 is 1.05 bits per heavy atom. The van der Waals surface area contributed by atoms with E-state index in [-0.39, 0.29) is 5.91 Å². The zero-order valence-electron chi connectivity index (χ0n) is 12.2. The Bertz CT molecular complexity index is 1040. The number of rotatable bonds is 1. The number of benzene rings is 2. The van der Waals surface area contributed by atoms with E-state index in [9.17, 15) is 4.79 Å². The number of fused-ring (bicyclic) bond motifs is 4. The van der Waals surface area contributed by atoms with Gasteiger partial charge in [-0.15, -0.1) is 11.3 Å². The SMILES string of the molecule is CN(C)C(=O)c1ccc2sc3nc4ccccc4nc3c2c1. The maximum atomic E-state index is 12.2. The lowest BCUT2D eigenvalue weighted by atomic mass is 10.1. The Morgan fingerprint density at radius 2 is 1.77 bits per heavy atom. The molecule has 0 unspecified atom stereocenters. The van der Waals surface area contributed by atoms with Gasteiger partial charge in [-0.25, -0.2) is 9.97 Å². The highest BCUT2D eigenvalue weighted by atomic mass is 32.1. The van der Waals surface area contributed by atoms with Crippen molar-refractivity contribution < 1.29 is 4.79 Å². The van der Waals surface area contributed by atoms with Crippen LogP contribution in [0.4, 0.5) is 0 Å². The van der Waals surface area contributed by atoms with Gasteiger partial charge in [0.1, 0.15) is 10.3 Å². The van der Waals surface area contributed by atoms with E-state index in [1.54, 1.807) is 30.3 Å². The van der Waals surface area contributed by atoms with E-state index in [0.29, 0.717) is 5.56 Å². The standard InChI is InChI=1S/C17H13N3OS/c1-20(2)17(21)10-7-8-14-11(9-10)15-16(22-14)19-13-6-4-3-5-12(13)18-15/h3-9H,1-2H3. The highest BCUT2D eigenvalue weighted by molar-refractivity contribution is 7.25. The van der Waals surface area contributed by atoms with Gasteiger partial charge >= 0.3 is 0 Å². The number of aromatic nitrogens is 2. The molecule has 0 aliphatic heterocycles. The lowest BCUT2D eigenvalue weighted by molar-refractivity contribution is 0.0828. The molecule has 0 N–H and O–H groups in total. The topological polar surface area (TPSA) is 46.1 Å². The van der Waals surface area contributed by atoms with Gasteiger partial charge in [-0.2, -0.15) is 0 Å². The molecule has 4 aromatic rings. The van der Waals surface area contributed by atoms with E-state index in [1.807, 2.05) is 42.5 Å². The van der Waals surface area contributed by atoms with Crippen molar-refractivity contribution in [1.82, 2.24) is 14.9 Å². The minimum Gasteiger partial charge on any atom is -0.345 e. The second kappa shape index (κ2) is 4.74. The molecule has 4 nitrogen and oxygen atoms in total. The van der Waals surface area contributed by atoms with Crippen molar-refractivity contribution in [3.63, 3.8) is 0 Å². The number of hydrogen-bond donors (Lipinski definition) is 0. The molecular formula is C17H13N3OS. The van der Waals surface area contributed by atoms with E-state index in [1.165, 1.54) is 0 Å². The zero-order valence-corrected chi connectivity index (χ0v) is 13.0. The molecule has 22 heavy (non-hydrogen) atoms. The summed E-state index contributed by atoms with van der Waals surface area (Å²) >= 11 is 1.61. The summed E-state index contributed by atoms with van der Waals surface area (Å²) in [5, 5.41) is 0.992. The Kier molecular flexibility index (Phi) is 2.84. The number of carbonyl (C=O) groups excluding carboxylic acids is 1. The molecule has 0 saturated carbocycles. The normalized spacial score (nSPS) is 11.4. The van der Waals surface area contributed by atoms with Gasteiger partial charge in [0, 0.05) is 29.7 Å². The molecule has 0 atom stereocenters. The lowest BCUT2D eigenvalue weighted by Gasteiger charge is -2.09. The van der Waals surface area contributed by atoms with Crippen molar-refractivity contribution in [2.45, 2.75) is 0 Å². The van der Waals surface area contributed by atoms with Crippen LogP contribution in [0.25, 0.3) is 31.5 Å². The summed E-state index contributed by atoms with van der Waals surface area (Å²) in [6.45, 7) is 0. The number of thiophene rings is 1. The Labute approximate surface area is 131 Å². The molecule has 2 aromatic heterocycles. The van der Waals surface area contributed by atoms with Crippen LogP contribution in [0.3, 0.4) is 0 Å². The van der Waals surface area contributed by atoms with Crippen molar-refractivity contribution in [3.05, 3.63) is 48.0 Å². The predicted molar refractivity (Wildman–Crippen MR) is 90.4 cm³/mol. The van der Waals surface area contributed by atoms with Gasteiger partial charge in [0.2, 0.25) is 0 Å². The van der Waals surface area contributed by atoms with Crippen molar-refractivity contribution >= 4 is 48.7 Å². The number of carbonyl (C=O) groups is 1. The monoisotopic (exact) mass is 307 g/mol. The van der Waals surface area contributed by atoms with Crippen LogP contribution in [0.2, 0.25) is 0 Å². The van der Waals surface area contributed by atoms with E-state index in [2.05, 4.69) is 4.98 Å². The number of nitrogens with zero attached hydrogens (tertiary/aromatic N) is 3. The summed E-state index contributed by atoms with van der Waals surface area (Å²) in [6, 6.07) is 13.6. The van der Waals surface area contributed by atoms with Crippen LogP contribution < -0.4 is 0 Å². The first-order chi connectivity index (χ1) is 10.6. The van der Waals surface area contributed by atoms with E-state index >= 15 is 0 Å². The van der Waals surface area contributed by atoms with E-state index < -0.39 is 0 Å². The molecule has 1 amide bonds. The Hall–Kier alpha value is -2.53. The molecule has 4 rings (SSSR count). The van der Waals surface area contributed by atoms with Gasteiger partial charge in [-0.05, 0) is 30.3 Å². The maximum absolute atomic E-state index is 12.2. The minimum atomic E-state index is -0.00463. The van der Waals surface area contributed by atoms with E-state index in [4.69, 9.17) is 4.98 Å². The summed E-state index contributed by atoms with van der Waals surface area (Å²) < 4.78 is 1.10. The molecule has 5 heteroatoms. The average molecular weight is 307 g/mol. The van der Waals surface area contributed by atoms with Crippen LogP contribution in [0.5, 0.6) is 0 Å². The van der Waals surface area contributed by atoms with Crippen LogP contribution in [-0.2, 0) is 0 Å². The largest absolute Gasteiger partial charge is 0.345 e. The molecule has 108 valence electrons. The molecule has 0 aliphatic carbocycles. The first-order valence-electron chi connectivity index (χ1n) is 6.94. The predicted octanol–water partition coefficient (Wildman–Crippen LogP) is 3.70. The molecule has 0 spiro atoms. The van der Waals surface area contributed by atoms with Crippen LogP contribution in [0.15, 0.2) is 42.5 Å². The molecule has 0 saturated heterocycles. The Balaban J connectivity index is 2.04. The Morgan fingerprint density at radius 3 is 2.50 bits per heavy atom. The van der Waals surface area contributed by atoms with Crippen LogP contribution >= 0.6 is 11.3 Å². The zero-order chi connectivity index (χ0) is 15.3. The van der Waals surface area contributed by atoms with Crippen molar-refractivity contribution in [3.8, 4) is 0 Å². The number of amides is 1. The number of hydrogen-bond acceptors (Lipinski definition) is 4. The third kappa shape index (κ3) is 1.94. The maximum Gasteiger partial charge on any atom is 0.253 e. The molecule has 0 fully saturated rings. The van der Waals surface area contributed by atoms with Crippen molar-refractivity contribution in [2.24, 2.45) is 0 Å². The first kappa shape index (κ1) is 13.2. The highest BCUT2D eigenvalue weighted by Gasteiger charge is 2.13. The summed E-state index contributed by atoms with van der Waals surface area (Å²) in [4.78, 5) is 24.1. The molecule has 0 bridgehead atoms. The van der Waals surface area contributed by atoms with Gasteiger partial charge in [0.25, 0.3) is 5.91 Å². The highest BCUT2D eigenvalue weighted by Crippen LogP contribution is 2.33. The lowest BCUT2D eigenvalue weighted by Crippen LogP contribution is -2.21.